The minimum absolute atomic E-state index is 0.0256. The van der Waals surface area contributed by atoms with Crippen LogP contribution in [0.5, 0.6) is 0 Å². The molecule has 0 bridgehead atoms. The standard InChI is InChI=1S/C17H26N6O/c1-10(8-18)9-19-16(24)7-15-13(4)22-23(14(15)5)17-20-11(2)6-12(3)21-17/h6,10H,7-9,18H2,1-5H3,(H,19,24). The second-order valence-electron chi connectivity index (χ2n) is 6.33. The number of nitrogens with zero attached hydrogens (tertiary/aromatic N) is 4. The van der Waals surface area contributed by atoms with Gasteiger partial charge in [-0.2, -0.15) is 5.10 Å². The summed E-state index contributed by atoms with van der Waals surface area (Å²) in [5.41, 5.74) is 9.97. The predicted octanol–water partition coefficient (Wildman–Crippen LogP) is 1.15. The van der Waals surface area contributed by atoms with Crippen molar-refractivity contribution in [1.29, 1.82) is 0 Å². The van der Waals surface area contributed by atoms with Crippen molar-refractivity contribution in [1.82, 2.24) is 25.1 Å². The van der Waals surface area contributed by atoms with Gasteiger partial charge in [0.15, 0.2) is 0 Å². The summed E-state index contributed by atoms with van der Waals surface area (Å²) in [6, 6.07) is 1.92. The molecule has 7 heteroatoms. The molecule has 2 aromatic rings. The third-order valence-electron chi connectivity index (χ3n) is 3.99. The lowest BCUT2D eigenvalue weighted by molar-refractivity contribution is -0.120. The lowest BCUT2D eigenvalue weighted by Crippen LogP contribution is -2.32. The minimum atomic E-state index is -0.0256. The molecular weight excluding hydrogens is 304 g/mol. The lowest BCUT2D eigenvalue weighted by atomic mass is 10.1. The maximum Gasteiger partial charge on any atom is 0.251 e. The first-order valence-electron chi connectivity index (χ1n) is 8.16. The number of hydrogen-bond donors (Lipinski definition) is 2. The Kier molecular flexibility index (Phi) is 5.66. The fourth-order valence-electron chi connectivity index (χ4n) is 2.52. The molecule has 1 atom stereocenters. The number of aryl methyl sites for hydroxylation is 3. The van der Waals surface area contributed by atoms with Gasteiger partial charge in [-0.15, -0.1) is 0 Å². The van der Waals surface area contributed by atoms with E-state index in [2.05, 4.69) is 20.4 Å². The minimum Gasteiger partial charge on any atom is -0.355 e. The molecule has 2 aromatic heterocycles. The molecule has 7 nitrogen and oxygen atoms in total. The number of amides is 1. The Morgan fingerprint density at radius 2 is 1.88 bits per heavy atom. The number of aromatic nitrogens is 4. The van der Waals surface area contributed by atoms with Crippen molar-refractivity contribution in [2.45, 2.75) is 41.0 Å². The average molecular weight is 330 g/mol. The van der Waals surface area contributed by atoms with Crippen LogP contribution in [0.25, 0.3) is 5.95 Å². The van der Waals surface area contributed by atoms with Crippen LogP contribution in [0.3, 0.4) is 0 Å². The molecule has 0 fully saturated rings. The second-order valence-corrected chi connectivity index (χ2v) is 6.33. The molecule has 1 amide bonds. The van der Waals surface area contributed by atoms with E-state index in [1.165, 1.54) is 0 Å². The zero-order valence-electron chi connectivity index (χ0n) is 15.1. The van der Waals surface area contributed by atoms with Gasteiger partial charge in [0.05, 0.1) is 12.1 Å². The summed E-state index contributed by atoms with van der Waals surface area (Å²) in [5, 5.41) is 7.44. The van der Waals surface area contributed by atoms with Crippen LogP contribution in [0.1, 0.15) is 35.3 Å². The Morgan fingerprint density at radius 3 is 2.46 bits per heavy atom. The smallest absolute Gasteiger partial charge is 0.251 e. The molecule has 0 radical (unpaired) electrons. The van der Waals surface area contributed by atoms with E-state index in [-0.39, 0.29) is 11.8 Å². The van der Waals surface area contributed by atoms with E-state index >= 15 is 0 Å². The predicted molar refractivity (Wildman–Crippen MR) is 93.0 cm³/mol. The van der Waals surface area contributed by atoms with E-state index in [1.807, 2.05) is 40.7 Å². The maximum absolute atomic E-state index is 12.2. The van der Waals surface area contributed by atoms with Crippen LogP contribution in [0.4, 0.5) is 0 Å². The van der Waals surface area contributed by atoms with Gasteiger partial charge in [0.1, 0.15) is 0 Å². The number of hydrogen-bond acceptors (Lipinski definition) is 5. The summed E-state index contributed by atoms with van der Waals surface area (Å²) in [6.07, 6.45) is 0.291. The van der Waals surface area contributed by atoms with Gasteiger partial charge in [0.2, 0.25) is 5.91 Å². The summed E-state index contributed by atoms with van der Waals surface area (Å²) >= 11 is 0. The Labute approximate surface area is 142 Å². The Hall–Kier alpha value is -2.28. The zero-order valence-corrected chi connectivity index (χ0v) is 15.1. The largest absolute Gasteiger partial charge is 0.355 e. The summed E-state index contributed by atoms with van der Waals surface area (Å²) in [7, 11) is 0. The van der Waals surface area contributed by atoms with Crippen LogP contribution in [-0.4, -0.2) is 38.7 Å². The van der Waals surface area contributed by atoms with E-state index in [1.54, 1.807) is 4.68 Å². The third kappa shape index (κ3) is 4.17. The van der Waals surface area contributed by atoms with E-state index in [0.717, 1.165) is 28.3 Å². The molecule has 0 spiro atoms. The van der Waals surface area contributed by atoms with Gasteiger partial charge < -0.3 is 11.1 Å². The lowest BCUT2D eigenvalue weighted by Gasteiger charge is -2.10. The highest BCUT2D eigenvalue weighted by Gasteiger charge is 2.17. The van der Waals surface area contributed by atoms with Crippen LogP contribution >= 0.6 is 0 Å². The molecule has 1 unspecified atom stereocenters. The van der Waals surface area contributed by atoms with E-state index in [4.69, 9.17) is 5.73 Å². The number of rotatable bonds is 6. The summed E-state index contributed by atoms with van der Waals surface area (Å²) < 4.78 is 1.71. The van der Waals surface area contributed by atoms with Gasteiger partial charge in [0.25, 0.3) is 5.95 Å². The fraction of sp³-hybridized carbons (Fsp3) is 0.529. The van der Waals surface area contributed by atoms with Gasteiger partial charge in [-0.1, -0.05) is 6.92 Å². The molecule has 0 aliphatic rings. The van der Waals surface area contributed by atoms with Crippen LogP contribution in [0.2, 0.25) is 0 Å². The summed E-state index contributed by atoms with van der Waals surface area (Å²) in [6.45, 7) is 10.8. The average Bonchev–Trinajstić information content (AvgIpc) is 2.79. The molecule has 130 valence electrons. The zero-order chi connectivity index (χ0) is 17.9. The van der Waals surface area contributed by atoms with Crippen molar-refractivity contribution >= 4 is 5.91 Å². The number of nitrogens with one attached hydrogen (secondary N) is 1. The van der Waals surface area contributed by atoms with Crippen molar-refractivity contribution in [2.75, 3.05) is 13.1 Å². The Bertz CT molecular complexity index is 717. The maximum atomic E-state index is 12.2. The van der Waals surface area contributed by atoms with Crippen molar-refractivity contribution in [2.24, 2.45) is 11.7 Å². The van der Waals surface area contributed by atoms with Crippen molar-refractivity contribution in [3.8, 4) is 5.95 Å². The number of carbonyl (C=O) groups is 1. The van der Waals surface area contributed by atoms with Crippen LogP contribution < -0.4 is 11.1 Å². The molecular formula is C17H26N6O. The number of carbonyl (C=O) groups excluding carboxylic acids is 1. The molecule has 3 N–H and O–H groups in total. The monoisotopic (exact) mass is 330 g/mol. The summed E-state index contributed by atoms with van der Waals surface area (Å²) in [5.74, 6) is 0.779. The molecule has 0 aliphatic heterocycles. The molecule has 2 heterocycles. The molecule has 0 saturated carbocycles. The highest BCUT2D eigenvalue weighted by molar-refractivity contribution is 5.79. The quantitative estimate of drug-likeness (QED) is 0.828. The molecule has 0 aromatic carbocycles. The van der Waals surface area contributed by atoms with E-state index < -0.39 is 0 Å². The number of nitrogens with two attached hydrogens (primary N) is 1. The van der Waals surface area contributed by atoms with Gasteiger partial charge in [-0.05, 0) is 46.2 Å². The van der Waals surface area contributed by atoms with Crippen LogP contribution in [0.15, 0.2) is 6.07 Å². The van der Waals surface area contributed by atoms with Gasteiger partial charge >= 0.3 is 0 Å². The van der Waals surface area contributed by atoms with E-state index in [9.17, 15) is 4.79 Å². The Balaban J connectivity index is 2.21. The molecule has 24 heavy (non-hydrogen) atoms. The van der Waals surface area contributed by atoms with Crippen molar-refractivity contribution in [3.05, 3.63) is 34.4 Å². The van der Waals surface area contributed by atoms with Crippen molar-refractivity contribution in [3.63, 3.8) is 0 Å². The first kappa shape index (κ1) is 18.1. The topological polar surface area (TPSA) is 98.7 Å². The first-order valence-corrected chi connectivity index (χ1v) is 8.16. The molecule has 0 saturated heterocycles. The summed E-state index contributed by atoms with van der Waals surface area (Å²) in [4.78, 5) is 21.1. The highest BCUT2D eigenvalue weighted by atomic mass is 16.1. The second kappa shape index (κ2) is 7.53. The van der Waals surface area contributed by atoms with Crippen LogP contribution in [-0.2, 0) is 11.2 Å². The van der Waals surface area contributed by atoms with E-state index in [0.29, 0.717) is 25.5 Å². The Morgan fingerprint density at radius 1 is 1.25 bits per heavy atom. The normalized spacial score (nSPS) is 12.2. The van der Waals surface area contributed by atoms with Gasteiger partial charge in [-0.25, -0.2) is 14.6 Å². The van der Waals surface area contributed by atoms with Crippen LogP contribution in [0, 0.1) is 33.6 Å². The SMILES string of the molecule is Cc1cc(C)nc(-n2nc(C)c(CC(=O)NCC(C)CN)c2C)n1. The first-order chi connectivity index (χ1) is 11.3. The third-order valence-corrected chi connectivity index (χ3v) is 3.99. The van der Waals surface area contributed by atoms with Gasteiger partial charge in [-0.3, -0.25) is 4.79 Å². The molecule has 2 rings (SSSR count). The fourth-order valence-corrected chi connectivity index (χ4v) is 2.52. The molecule has 0 aliphatic carbocycles. The van der Waals surface area contributed by atoms with Gasteiger partial charge in [0, 0.05) is 29.2 Å². The highest BCUT2D eigenvalue weighted by Crippen LogP contribution is 2.17. The van der Waals surface area contributed by atoms with Crippen molar-refractivity contribution < 1.29 is 4.79 Å².